The fraction of sp³-hybridized carbons (Fsp3) is 0.500. The van der Waals surface area contributed by atoms with E-state index in [1.165, 1.54) is 24.3 Å². The fourth-order valence-corrected chi connectivity index (χ4v) is 6.27. The SMILES string of the molecule is C.CC[C@H]1CN[C@H](C)CN1CC(=O)N1CC(C)(C)c2cc(F)c(S(=O)(=O)c3ccccc3)cc21. The van der Waals surface area contributed by atoms with Crippen LogP contribution in [0.1, 0.15) is 47.1 Å². The number of sulfone groups is 1. The van der Waals surface area contributed by atoms with Crippen LogP contribution >= 0.6 is 0 Å². The van der Waals surface area contributed by atoms with Crippen molar-refractivity contribution in [3.63, 3.8) is 0 Å². The van der Waals surface area contributed by atoms with Gasteiger partial charge in [0.25, 0.3) is 0 Å². The molecule has 1 fully saturated rings. The minimum absolute atomic E-state index is 0. The van der Waals surface area contributed by atoms with Crippen LogP contribution in [0.25, 0.3) is 0 Å². The maximum Gasteiger partial charge on any atom is 0.241 e. The van der Waals surface area contributed by atoms with Gasteiger partial charge in [-0.05, 0) is 43.2 Å². The lowest BCUT2D eigenvalue weighted by molar-refractivity contribution is -0.120. The van der Waals surface area contributed by atoms with Gasteiger partial charge < -0.3 is 10.2 Å². The molecule has 6 nitrogen and oxygen atoms in total. The highest BCUT2D eigenvalue weighted by Gasteiger charge is 2.41. The van der Waals surface area contributed by atoms with Gasteiger partial charge in [-0.25, -0.2) is 12.8 Å². The Bertz CT molecular complexity index is 1150. The molecular weight excluding hydrogens is 453 g/mol. The number of nitrogens with zero attached hydrogens (tertiary/aromatic N) is 2. The molecule has 0 aromatic heterocycles. The van der Waals surface area contributed by atoms with Crippen molar-refractivity contribution in [2.45, 2.75) is 68.8 Å². The van der Waals surface area contributed by atoms with E-state index in [-0.39, 0.29) is 30.8 Å². The molecule has 2 atom stereocenters. The van der Waals surface area contributed by atoms with Gasteiger partial charge in [-0.15, -0.1) is 0 Å². The lowest BCUT2D eigenvalue weighted by atomic mass is 9.87. The van der Waals surface area contributed by atoms with Crippen LogP contribution in [-0.4, -0.2) is 57.5 Å². The number of hydrogen-bond donors (Lipinski definition) is 1. The zero-order valence-electron chi connectivity index (χ0n) is 19.6. The zero-order valence-corrected chi connectivity index (χ0v) is 20.5. The van der Waals surface area contributed by atoms with Crippen molar-refractivity contribution in [3.8, 4) is 0 Å². The third kappa shape index (κ3) is 4.76. The molecule has 0 aliphatic carbocycles. The standard InChI is InChI=1S/C25H32FN3O3S.CH4/c1-5-18-13-27-17(2)14-28(18)15-24(30)29-16-25(3,4)20-11-21(26)23(12-22(20)29)33(31,32)19-9-7-6-8-10-19;/h6-12,17-18,27H,5,13-16H2,1-4H3;1H4/t17-,18+;/m1./s1. The van der Waals surface area contributed by atoms with Crippen LogP contribution in [0.3, 0.4) is 0 Å². The predicted octanol–water partition coefficient (Wildman–Crippen LogP) is 3.99. The number of halogens is 1. The van der Waals surface area contributed by atoms with Crippen molar-refractivity contribution in [1.29, 1.82) is 0 Å². The van der Waals surface area contributed by atoms with Gasteiger partial charge in [0.1, 0.15) is 10.7 Å². The van der Waals surface area contributed by atoms with E-state index in [2.05, 4.69) is 24.1 Å². The summed E-state index contributed by atoms with van der Waals surface area (Å²) >= 11 is 0. The number of anilines is 1. The van der Waals surface area contributed by atoms with E-state index in [4.69, 9.17) is 0 Å². The molecule has 2 aliphatic rings. The maximum atomic E-state index is 15.1. The van der Waals surface area contributed by atoms with Gasteiger partial charge in [0.15, 0.2) is 0 Å². The summed E-state index contributed by atoms with van der Waals surface area (Å²) in [7, 11) is -4.06. The van der Waals surface area contributed by atoms with Crippen molar-refractivity contribution in [1.82, 2.24) is 10.2 Å². The molecule has 186 valence electrons. The van der Waals surface area contributed by atoms with Crippen molar-refractivity contribution < 1.29 is 17.6 Å². The van der Waals surface area contributed by atoms with Gasteiger partial charge in [0.2, 0.25) is 15.7 Å². The van der Waals surface area contributed by atoms with E-state index in [1.807, 2.05) is 13.8 Å². The molecule has 2 aliphatic heterocycles. The van der Waals surface area contributed by atoms with Crippen molar-refractivity contribution in [3.05, 3.63) is 53.8 Å². The molecule has 1 N–H and O–H groups in total. The second-order valence-corrected chi connectivity index (χ2v) is 11.7. The van der Waals surface area contributed by atoms with Crippen LogP contribution in [0.15, 0.2) is 52.3 Å². The first-order valence-corrected chi connectivity index (χ1v) is 12.9. The van der Waals surface area contributed by atoms with Crippen molar-refractivity contribution in [2.75, 3.05) is 31.1 Å². The first kappa shape index (κ1) is 26.3. The Morgan fingerprint density at radius 1 is 1.21 bits per heavy atom. The summed E-state index contributed by atoms with van der Waals surface area (Å²) in [6, 6.07) is 11.0. The Morgan fingerprint density at radius 2 is 1.88 bits per heavy atom. The lowest BCUT2D eigenvalue weighted by Crippen LogP contribution is -2.57. The maximum absolute atomic E-state index is 15.1. The predicted molar refractivity (Wildman–Crippen MR) is 134 cm³/mol. The molecule has 34 heavy (non-hydrogen) atoms. The highest BCUT2D eigenvalue weighted by molar-refractivity contribution is 7.91. The van der Waals surface area contributed by atoms with E-state index in [0.29, 0.717) is 23.8 Å². The molecule has 0 spiro atoms. The summed E-state index contributed by atoms with van der Waals surface area (Å²) in [6.45, 7) is 10.3. The molecule has 2 aromatic carbocycles. The van der Waals surface area contributed by atoms with Crippen LogP contribution in [0, 0.1) is 5.82 Å². The first-order valence-electron chi connectivity index (χ1n) is 11.5. The quantitative estimate of drug-likeness (QED) is 0.688. The highest BCUT2D eigenvalue weighted by Crippen LogP contribution is 2.43. The molecule has 1 saturated heterocycles. The van der Waals surface area contributed by atoms with E-state index in [9.17, 15) is 13.2 Å². The lowest BCUT2D eigenvalue weighted by Gasteiger charge is -2.39. The third-order valence-electron chi connectivity index (χ3n) is 6.80. The molecule has 0 unspecified atom stereocenters. The van der Waals surface area contributed by atoms with Crippen molar-refractivity contribution >= 4 is 21.4 Å². The van der Waals surface area contributed by atoms with Gasteiger partial charge in [0, 0.05) is 42.8 Å². The Morgan fingerprint density at radius 3 is 2.53 bits per heavy atom. The normalized spacial score (nSPS) is 22.2. The number of nitrogens with one attached hydrogen (secondary N) is 1. The topological polar surface area (TPSA) is 69.7 Å². The van der Waals surface area contributed by atoms with E-state index >= 15 is 4.39 Å². The Balaban J connectivity index is 0.00000324. The minimum atomic E-state index is -4.06. The second-order valence-electron chi connectivity index (χ2n) is 9.78. The van der Waals surface area contributed by atoms with Crippen LogP contribution < -0.4 is 10.2 Å². The number of amides is 1. The van der Waals surface area contributed by atoms with Gasteiger partial charge in [0.05, 0.1) is 11.4 Å². The monoisotopic (exact) mass is 489 g/mol. The van der Waals surface area contributed by atoms with Gasteiger partial charge >= 0.3 is 0 Å². The average Bonchev–Trinajstić information content (AvgIpc) is 3.04. The fourth-order valence-electron chi connectivity index (χ4n) is 4.92. The molecule has 8 heteroatoms. The van der Waals surface area contributed by atoms with Crippen molar-refractivity contribution in [2.24, 2.45) is 0 Å². The summed E-state index contributed by atoms with van der Waals surface area (Å²) in [5.74, 6) is -0.883. The summed E-state index contributed by atoms with van der Waals surface area (Å²) in [6.07, 6.45) is 0.930. The van der Waals surface area contributed by atoms with Gasteiger partial charge in [-0.1, -0.05) is 46.4 Å². The summed E-state index contributed by atoms with van der Waals surface area (Å²) in [5, 5.41) is 3.46. The smallest absolute Gasteiger partial charge is 0.241 e. The van der Waals surface area contributed by atoms with E-state index in [1.54, 1.807) is 23.1 Å². The molecule has 0 bridgehead atoms. The highest BCUT2D eigenvalue weighted by atomic mass is 32.2. The summed E-state index contributed by atoms with van der Waals surface area (Å²) < 4.78 is 41.4. The molecule has 4 rings (SSSR count). The number of carbonyl (C=O) groups is 1. The van der Waals surface area contributed by atoms with E-state index in [0.717, 1.165) is 19.5 Å². The second kappa shape index (κ2) is 9.76. The molecule has 0 saturated carbocycles. The molecule has 1 amide bonds. The van der Waals surface area contributed by atoms with Gasteiger partial charge in [-0.2, -0.15) is 0 Å². The number of hydrogen-bond acceptors (Lipinski definition) is 5. The minimum Gasteiger partial charge on any atom is -0.311 e. The zero-order chi connectivity index (χ0) is 24.0. The largest absolute Gasteiger partial charge is 0.311 e. The number of carbonyl (C=O) groups excluding carboxylic acids is 1. The molecular formula is C26H36FN3O3S. The average molecular weight is 490 g/mol. The summed E-state index contributed by atoms with van der Waals surface area (Å²) in [5.41, 5.74) is 0.653. The number of benzene rings is 2. The van der Waals surface area contributed by atoms with Crippen LogP contribution in [0.2, 0.25) is 0 Å². The van der Waals surface area contributed by atoms with Crippen LogP contribution in [-0.2, 0) is 20.0 Å². The van der Waals surface area contributed by atoms with Crippen LogP contribution in [0.4, 0.5) is 10.1 Å². The Hall–Kier alpha value is -2.29. The first-order chi connectivity index (χ1) is 15.5. The number of rotatable bonds is 5. The molecule has 0 radical (unpaired) electrons. The summed E-state index contributed by atoms with van der Waals surface area (Å²) in [4.78, 5) is 16.9. The number of piperazine rings is 1. The van der Waals surface area contributed by atoms with E-state index < -0.39 is 26.0 Å². The van der Waals surface area contributed by atoms with Crippen LogP contribution in [0.5, 0.6) is 0 Å². The molecule has 2 aromatic rings. The number of fused-ring (bicyclic) bond motifs is 1. The third-order valence-corrected chi connectivity index (χ3v) is 8.59. The Labute approximate surface area is 203 Å². The molecule has 2 heterocycles. The Kier molecular flexibility index (Phi) is 7.55. The van der Waals surface area contributed by atoms with Gasteiger partial charge in [-0.3, -0.25) is 9.69 Å².